The number of halogens is 3. The van der Waals surface area contributed by atoms with Crippen LogP contribution in [0.15, 0.2) is 30.3 Å². The molecule has 4 rings (SSSR count). The Labute approximate surface area is 161 Å². The van der Waals surface area contributed by atoms with E-state index >= 15 is 0 Å². The smallest absolute Gasteiger partial charge is 0.134 e. The molecule has 2 heterocycles. The second kappa shape index (κ2) is 8.68. The van der Waals surface area contributed by atoms with Crippen LogP contribution < -0.4 is 5.32 Å². The van der Waals surface area contributed by atoms with Gasteiger partial charge in [-0.1, -0.05) is 36.2 Å². The largest absolute Gasteiger partial charge is 0.314 e. The average molecular weight is 389 g/mol. The van der Waals surface area contributed by atoms with Crippen LogP contribution in [0, 0.1) is 5.92 Å². The van der Waals surface area contributed by atoms with Crippen molar-refractivity contribution in [2.45, 2.75) is 25.3 Å². The van der Waals surface area contributed by atoms with Gasteiger partial charge in [0.15, 0.2) is 0 Å². The van der Waals surface area contributed by atoms with Crippen molar-refractivity contribution in [1.82, 2.24) is 15.2 Å². The second-order valence-corrected chi connectivity index (χ2v) is 6.84. The lowest BCUT2D eigenvalue weighted by Gasteiger charge is -2.43. The Morgan fingerprint density at radius 3 is 2.50 bits per heavy atom. The molecule has 0 amide bonds. The van der Waals surface area contributed by atoms with Gasteiger partial charge in [0.1, 0.15) is 5.15 Å². The zero-order valence-electron chi connectivity index (χ0n) is 13.6. The quantitative estimate of drug-likeness (QED) is 0.786. The van der Waals surface area contributed by atoms with E-state index in [0.717, 1.165) is 37.6 Å². The lowest BCUT2D eigenvalue weighted by molar-refractivity contribution is 0.0836. The molecule has 1 aromatic carbocycles. The summed E-state index contributed by atoms with van der Waals surface area (Å²) in [6.45, 7) is 4.35. The Hall–Kier alpha value is -0.580. The summed E-state index contributed by atoms with van der Waals surface area (Å²) in [6, 6.07) is 11.0. The molecule has 0 radical (unpaired) electrons. The van der Waals surface area contributed by atoms with Crippen molar-refractivity contribution < 1.29 is 0 Å². The highest BCUT2D eigenvalue weighted by Gasteiger charge is 2.35. The minimum absolute atomic E-state index is 0. The molecule has 1 atom stereocenters. The van der Waals surface area contributed by atoms with Crippen molar-refractivity contribution in [2.75, 3.05) is 26.2 Å². The molecular formula is C18H24Cl3N3. The molecule has 0 bridgehead atoms. The third kappa shape index (κ3) is 3.81. The number of nitrogens with one attached hydrogen (secondary N) is 1. The first-order chi connectivity index (χ1) is 10.8. The van der Waals surface area contributed by atoms with E-state index in [9.17, 15) is 0 Å². The van der Waals surface area contributed by atoms with Crippen molar-refractivity contribution >= 4 is 47.3 Å². The van der Waals surface area contributed by atoms with E-state index in [-0.39, 0.29) is 24.8 Å². The van der Waals surface area contributed by atoms with Gasteiger partial charge in [-0.3, -0.25) is 4.90 Å². The first-order valence-corrected chi connectivity index (χ1v) is 8.71. The molecule has 1 N–H and O–H groups in total. The number of rotatable bonds is 3. The van der Waals surface area contributed by atoms with Gasteiger partial charge in [-0.25, -0.2) is 4.98 Å². The predicted octanol–water partition coefficient (Wildman–Crippen LogP) is 4.48. The summed E-state index contributed by atoms with van der Waals surface area (Å²) in [6.07, 6.45) is 3.99. The standard InChI is InChI=1S/C18H22ClN3.2ClH/c19-18-15(12-14-4-1-2-7-16(14)21-18)17(13-5-3-6-13)22-10-8-20-9-11-22;;/h1-2,4,7,12-13,17,20H,3,5-6,8-11H2;2*1H/t17-;;/m0../s1. The topological polar surface area (TPSA) is 28.2 Å². The maximum absolute atomic E-state index is 6.59. The van der Waals surface area contributed by atoms with Crippen LogP contribution in [0.2, 0.25) is 5.15 Å². The second-order valence-electron chi connectivity index (χ2n) is 6.48. The Morgan fingerprint density at radius 1 is 1.12 bits per heavy atom. The molecule has 0 unspecified atom stereocenters. The molecule has 2 aliphatic rings. The maximum Gasteiger partial charge on any atom is 0.134 e. The third-order valence-electron chi connectivity index (χ3n) is 5.16. The Balaban J connectivity index is 0.00000104. The molecule has 24 heavy (non-hydrogen) atoms. The summed E-state index contributed by atoms with van der Waals surface area (Å²) in [7, 11) is 0. The monoisotopic (exact) mass is 387 g/mol. The number of piperazine rings is 1. The van der Waals surface area contributed by atoms with Gasteiger partial charge in [0.2, 0.25) is 0 Å². The van der Waals surface area contributed by atoms with Crippen molar-refractivity contribution in [3.05, 3.63) is 41.0 Å². The number of pyridine rings is 1. The number of benzene rings is 1. The van der Waals surface area contributed by atoms with Crippen molar-refractivity contribution in [2.24, 2.45) is 5.92 Å². The van der Waals surface area contributed by atoms with Gasteiger partial charge in [-0.2, -0.15) is 0 Å². The van der Waals surface area contributed by atoms with E-state index in [1.807, 2.05) is 12.1 Å². The maximum atomic E-state index is 6.59. The normalized spacial score (nSPS) is 19.9. The van der Waals surface area contributed by atoms with E-state index < -0.39 is 0 Å². The lowest BCUT2D eigenvalue weighted by atomic mass is 9.76. The molecule has 2 fully saturated rings. The highest BCUT2D eigenvalue weighted by molar-refractivity contribution is 6.30. The SMILES string of the molecule is Cl.Cl.Clc1nc2ccccc2cc1[C@H](C1CCC1)N1CCNCC1. The van der Waals surface area contributed by atoms with E-state index in [1.54, 1.807) is 0 Å². The van der Waals surface area contributed by atoms with E-state index in [4.69, 9.17) is 11.6 Å². The zero-order chi connectivity index (χ0) is 14.9. The van der Waals surface area contributed by atoms with E-state index in [1.165, 1.54) is 30.2 Å². The van der Waals surface area contributed by atoms with Crippen LogP contribution in [0.5, 0.6) is 0 Å². The summed E-state index contributed by atoms with van der Waals surface area (Å²) in [5.41, 5.74) is 2.22. The van der Waals surface area contributed by atoms with Crippen LogP contribution in [-0.4, -0.2) is 36.1 Å². The Bertz CT molecular complexity index is 670. The molecule has 132 valence electrons. The number of hydrogen-bond donors (Lipinski definition) is 1. The molecule has 1 saturated heterocycles. The van der Waals surface area contributed by atoms with Crippen molar-refractivity contribution in [1.29, 1.82) is 0 Å². The van der Waals surface area contributed by atoms with Crippen molar-refractivity contribution in [3.8, 4) is 0 Å². The van der Waals surface area contributed by atoms with Crippen LogP contribution >= 0.6 is 36.4 Å². The molecular weight excluding hydrogens is 365 g/mol. The van der Waals surface area contributed by atoms with Gasteiger partial charge in [0.05, 0.1) is 5.52 Å². The van der Waals surface area contributed by atoms with Gasteiger partial charge in [0.25, 0.3) is 0 Å². The third-order valence-corrected chi connectivity index (χ3v) is 5.47. The minimum Gasteiger partial charge on any atom is -0.314 e. The number of para-hydroxylation sites is 1. The van der Waals surface area contributed by atoms with E-state index in [0.29, 0.717) is 11.2 Å². The minimum atomic E-state index is 0. The fourth-order valence-electron chi connectivity index (χ4n) is 3.78. The van der Waals surface area contributed by atoms with Crippen LogP contribution in [0.4, 0.5) is 0 Å². The molecule has 1 saturated carbocycles. The fourth-order valence-corrected chi connectivity index (χ4v) is 4.04. The Kier molecular flexibility index (Phi) is 7.14. The number of aromatic nitrogens is 1. The summed E-state index contributed by atoms with van der Waals surface area (Å²) in [5, 5.41) is 5.33. The molecule has 2 aromatic rings. The number of nitrogens with zero attached hydrogens (tertiary/aromatic N) is 2. The summed E-state index contributed by atoms with van der Waals surface area (Å²) in [5.74, 6) is 0.735. The molecule has 0 spiro atoms. The molecule has 1 aliphatic carbocycles. The summed E-state index contributed by atoms with van der Waals surface area (Å²) >= 11 is 6.59. The zero-order valence-corrected chi connectivity index (χ0v) is 16.0. The van der Waals surface area contributed by atoms with Crippen LogP contribution in [0.1, 0.15) is 30.9 Å². The van der Waals surface area contributed by atoms with Gasteiger partial charge in [-0.15, -0.1) is 24.8 Å². The fraction of sp³-hybridized carbons (Fsp3) is 0.500. The van der Waals surface area contributed by atoms with Gasteiger partial charge in [0, 0.05) is 43.2 Å². The van der Waals surface area contributed by atoms with Gasteiger partial charge < -0.3 is 5.32 Å². The predicted molar refractivity (Wildman–Crippen MR) is 106 cm³/mol. The summed E-state index contributed by atoms with van der Waals surface area (Å²) in [4.78, 5) is 7.26. The highest BCUT2D eigenvalue weighted by Crippen LogP contribution is 2.43. The lowest BCUT2D eigenvalue weighted by Crippen LogP contribution is -2.48. The van der Waals surface area contributed by atoms with Crippen LogP contribution in [0.3, 0.4) is 0 Å². The summed E-state index contributed by atoms with van der Waals surface area (Å²) < 4.78 is 0. The average Bonchev–Trinajstić information content (AvgIpc) is 2.51. The van der Waals surface area contributed by atoms with Crippen LogP contribution in [0.25, 0.3) is 10.9 Å². The van der Waals surface area contributed by atoms with Crippen molar-refractivity contribution in [3.63, 3.8) is 0 Å². The first-order valence-electron chi connectivity index (χ1n) is 8.33. The molecule has 1 aromatic heterocycles. The highest BCUT2D eigenvalue weighted by atomic mass is 35.5. The first kappa shape index (κ1) is 19.7. The number of fused-ring (bicyclic) bond motifs is 1. The Morgan fingerprint density at radius 2 is 1.83 bits per heavy atom. The molecule has 1 aliphatic heterocycles. The van der Waals surface area contributed by atoms with Crippen LogP contribution in [-0.2, 0) is 0 Å². The van der Waals surface area contributed by atoms with E-state index in [2.05, 4.69) is 33.4 Å². The van der Waals surface area contributed by atoms with Gasteiger partial charge >= 0.3 is 0 Å². The number of hydrogen-bond acceptors (Lipinski definition) is 3. The molecule has 6 heteroatoms. The molecule has 3 nitrogen and oxygen atoms in total. The van der Waals surface area contributed by atoms with Gasteiger partial charge in [-0.05, 0) is 30.9 Å².